The first kappa shape index (κ1) is 13.2. The molecule has 0 aromatic heterocycles. The molecule has 5 nitrogen and oxygen atoms in total. The van der Waals surface area contributed by atoms with Gasteiger partial charge >= 0.3 is 5.97 Å². The van der Waals surface area contributed by atoms with E-state index in [1.165, 1.54) is 6.08 Å². The van der Waals surface area contributed by atoms with Crippen LogP contribution in [0.15, 0.2) is 12.2 Å². The quantitative estimate of drug-likeness (QED) is 0.566. The number of hydrogen-bond donors (Lipinski definition) is 1. The summed E-state index contributed by atoms with van der Waals surface area (Å²) < 4.78 is 15.7. The predicted molar refractivity (Wildman–Crippen MR) is 56.7 cm³/mol. The van der Waals surface area contributed by atoms with E-state index in [1.807, 2.05) is 0 Å². The molecule has 1 fully saturated rings. The van der Waals surface area contributed by atoms with Crippen molar-refractivity contribution in [3.05, 3.63) is 12.2 Å². The topological polar surface area (TPSA) is 65.0 Å². The molecule has 1 saturated heterocycles. The lowest BCUT2D eigenvalue weighted by atomic mass is 10.2. The smallest absolute Gasteiger partial charge is 0.330 e. The molecule has 92 valence electrons. The van der Waals surface area contributed by atoms with Crippen LogP contribution < -0.4 is 0 Å². The zero-order valence-corrected chi connectivity index (χ0v) is 9.80. The monoisotopic (exact) mass is 230 g/mol. The van der Waals surface area contributed by atoms with Crippen LogP contribution in [0, 0.1) is 0 Å². The maximum atomic E-state index is 11.1. The molecule has 0 amide bonds. The first-order chi connectivity index (χ1) is 7.48. The largest absolute Gasteiger partial charge is 0.463 e. The molecule has 1 aliphatic heterocycles. The van der Waals surface area contributed by atoms with Gasteiger partial charge in [-0.25, -0.2) is 4.79 Å². The average Bonchev–Trinajstić information content (AvgIpc) is 2.51. The summed E-state index contributed by atoms with van der Waals surface area (Å²) in [5.74, 6) is -1.16. The molecule has 1 aliphatic rings. The average molecular weight is 230 g/mol. The molecule has 1 heterocycles. The zero-order valence-electron chi connectivity index (χ0n) is 9.80. The Hall–Kier alpha value is -0.910. The van der Waals surface area contributed by atoms with Gasteiger partial charge in [-0.05, 0) is 26.8 Å². The second kappa shape index (κ2) is 5.43. The molecule has 2 unspecified atom stereocenters. The summed E-state index contributed by atoms with van der Waals surface area (Å²) in [7, 11) is 0. The highest BCUT2D eigenvalue weighted by Gasteiger charge is 2.39. The van der Waals surface area contributed by atoms with Gasteiger partial charge in [0.15, 0.2) is 5.79 Å². The second-order valence-corrected chi connectivity index (χ2v) is 3.93. The normalized spacial score (nSPS) is 28.5. The van der Waals surface area contributed by atoms with Gasteiger partial charge in [0.2, 0.25) is 0 Å². The van der Waals surface area contributed by atoms with Crippen molar-refractivity contribution in [2.45, 2.75) is 38.8 Å². The Morgan fingerprint density at radius 2 is 2.19 bits per heavy atom. The van der Waals surface area contributed by atoms with Crippen molar-refractivity contribution in [3.63, 3.8) is 0 Å². The summed E-state index contributed by atoms with van der Waals surface area (Å²) in [5, 5.41) is 9.08. The van der Waals surface area contributed by atoms with E-state index >= 15 is 0 Å². The Morgan fingerprint density at radius 3 is 2.75 bits per heavy atom. The Balaban J connectivity index is 2.56. The fourth-order valence-corrected chi connectivity index (χ4v) is 1.53. The Labute approximate surface area is 95.0 Å². The number of ether oxygens (including phenoxy) is 3. The van der Waals surface area contributed by atoms with Crippen molar-refractivity contribution in [2.75, 3.05) is 13.2 Å². The van der Waals surface area contributed by atoms with E-state index in [9.17, 15) is 4.79 Å². The zero-order chi connectivity index (χ0) is 12.2. The van der Waals surface area contributed by atoms with Crippen molar-refractivity contribution in [1.29, 1.82) is 0 Å². The molecule has 5 heteroatoms. The van der Waals surface area contributed by atoms with Gasteiger partial charge in [0.25, 0.3) is 0 Å². The molecule has 1 N–H and O–H groups in total. The lowest BCUT2D eigenvalue weighted by molar-refractivity contribution is -0.146. The van der Waals surface area contributed by atoms with E-state index in [0.29, 0.717) is 6.61 Å². The van der Waals surface area contributed by atoms with Crippen LogP contribution in [0.25, 0.3) is 0 Å². The van der Waals surface area contributed by atoms with Gasteiger partial charge in [-0.1, -0.05) is 0 Å². The number of rotatable bonds is 4. The highest BCUT2D eigenvalue weighted by Crippen LogP contribution is 2.28. The fourth-order valence-electron chi connectivity index (χ4n) is 1.53. The van der Waals surface area contributed by atoms with Gasteiger partial charge < -0.3 is 19.3 Å². The lowest BCUT2D eigenvalue weighted by Crippen LogP contribution is -2.25. The van der Waals surface area contributed by atoms with Crippen molar-refractivity contribution in [3.8, 4) is 0 Å². The number of carbonyl (C=O) groups excluding carboxylic acids is 1. The number of esters is 1. The maximum Gasteiger partial charge on any atom is 0.330 e. The molecule has 0 radical (unpaired) electrons. The van der Waals surface area contributed by atoms with Crippen LogP contribution in [0.2, 0.25) is 0 Å². The van der Waals surface area contributed by atoms with E-state index in [2.05, 4.69) is 0 Å². The molecular weight excluding hydrogens is 212 g/mol. The van der Waals surface area contributed by atoms with Crippen molar-refractivity contribution < 1.29 is 24.1 Å². The predicted octanol–water partition coefficient (Wildman–Crippen LogP) is 0.618. The summed E-state index contributed by atoms with van der Waals surface area (Å²) in [4.78, 5) is 11.1. The van der Waals surface area contributed by atoms with Crippen LogP contribution >= 0.6 is 0 Å². The van der Waals surface area contributed by atoms with E-state index in [-0.39, 0.29) is 6.61 Å². The highest BCUT2D eigenvalue weighted by atomic mass is 16.8. The van der Waals surface area contributed by atoms with Crippen LogP contribution in [0.5, 0.6) is 0 Å². The van der Waals surface area contributed by atoms with Crippen molar-refractivity contribution in [2.24, 2.45) is 0 Å². The molecule has 0 bridgehead atoms. The summed E-state index contributed by atoms with van der Waals surface area (Å²) >= 11 is 0. The second-order valence-electron chi connectivity index (χ2n) is 3.93. The molecule has 0 spiro atoms. The van der Waals surface area contributed by atoms with Crippen LogP contribution in [-0.2, 0) is 19.0 Å². The van der Waals surface area contributed by atoms with Gasteiger partial charge in [0.1, 0.15) is 12.2 Å². The molecule has 2 atom stereocenters. The van der Waals surface area contributed by atoms with E-state index in [4.69, 9.17) is 19.3 Å². The van der Waals surface area contributed by atoms with Gasteiger partial charge in [0, 0.05) is 6.08 Å². The summed E-state index contributed by atoms with van der Waals surface area (Å²) in [5.41, 5.74) is 0. The maximum absolute atomic E-state index is 11.1. The first-order valence-electron chi connectivity index (χ1n) is 5.30. The van der Waals surface area contributed by atoms with Gasteiger partial charge in [-0.2, -0.15) is 0 Å². The minimum Gasteiger partial charge on any atom is -0.463 e. The minimum absolute atomic E-state index is 0.152. The van der Waals surface area contributed by atoms with Crippen molar-refractivity contribution >= 4 is 5.97 Å². The van der Waals surface area contributed by atoms with Crippen LogP contribution in [0.4, 0.5) is 0 Å². The van der Waals surface area contributed by atoms with Crippen LogP contribution in [0.3, 0.4) is 0 Å². The van der Waals surface area contributed by atoms with E-state index < -0.39 is 24.0 Å². The van der Waals surface area contributed by atoms with Gasteiger partial charge in [-0.3, -0.25) is 0 Å². The third-order valence-electron chi connectivity index (χ3n) is 2.11. The minimum atomic E-state index is -0.739. The van der Waals surface area contributed by atoms with E-state index in [1.54, 1.807) is 26.8 Å². The van der Waals surface area contributed by atoms with Crippen molar-refractivity contribution in [1.82, 2.24) is 0 Å². The Kier molecular flexibility index (Phi) is 4.46. The summed E-state index contributed by atoms with van der Waals surface area (Å²) in [6, 6.07) is 0. The summed E-state index contributed by atoms with van der Waals surface area (Å²) in [6.45, 7) is 5.43. The van der Waals surface area contributed by atoms with Gasteiger partial charge in [0.05, 0.1) is 13.2 Å². The molecule has 0 aromatic rings. The number of aliphatic hydroxyl groups excluding tert-OH is 1. The van der Waals surface area contributed by atoms with Crippen LogP contribution in [0.1, 0.15) is 20.8 Å². The molecule has 0 saturated carbocycles. The Bertz CT molecular complexity index is 272. The number of aliphatic hydroxyl groups is 1. The highest BCUT2D eigenvalue weighted by molar-refractivity contribution is 5.81. The molecule has 1 rings (SSSR count). The molecule has 0 aliphatic carbocycles. The van der Waals surface area contributed by atoms with E-state index in [0.717, 1.165) is 0 Å². The molecular formula is C11H18O5. The number of hydrogen-bond acceptors (Lipinski definition) is 5. The first-order valence-corrected chi connectivity index (χ1v) is 5.30. The van der Waals surface area contributed by atoms with Gasteiger partial charge in [-0.15, -0.1) is 0 Å². The third-order valence-corrected chi connectivity index (χ3v) is 2.11. The standard InChI is InChI=1S/C11H18O5/c1-4-14-10(13)6-5-8-9(7-12)16-11(2,3)15-8/h5-6,8-9,12H,4,7H2,1-3H3. The SMILES string of the molecule is CCOC(=O)C=CC1OC(C)(C)OC1CO. The molecule has 0 aromatic carbocycles. The third kappa shape index (κ3) is 3.59. The fraction of sp³-hybridized carbons (Fsp3) is 0.727. The number of carbonyl (C=O) groups is 1. The summed E-state index contributed by atoms with van der Waals surface area (Å²) in [6.07, 6.45) is 1.97. The lowest BCUT2D eigenvalue weighted by Gasteiger charge is -2.15. The van der Waals surface area contributed by atoms with Crippen LogP contribution in [-0.4, -0.2) is 42.3 Å². The Morgan fingerprint density at radius 1 is 1.50 bits per heavy atom. The molecule has 16 heavy (non-hydrogen) atoms.